The number of carbonyl (C=O) groups is 1. The summed E-state index contributed by atoms with van der Waals surface area (Å²) in [6, 6.07) is 21.5. The van der Waals surface area contributed by atoms with E-state index in [-0.39, 0.29) is 5.91 Å². The molecule has 0 aliphatic carbocycles. The van der Waals surface area contributed by atoms with E-state index in [0.717, 1.165) is 33.8 Å². The summed E-state index contributed by atoms with van der Waals surface area (Å²) in [5, 5.41) is 12.5. The van der Waals surface area contributed by atoms with Gasteiger partial charge in [-0.3, -0.25) is 4.79 Å². The smallest absolute Gasteiger partial charge is 0.255 e. The average molecular weight is 530 g/mol. The van der Waals surface area contributed by atoms with Gasteiger partial charge in [0.05, 0.1) is 5.57 Å². The molecule has 1 aliphatic heterocycles. The first-order chi connectivity index (χ1) is 17.8. The van der Waals surface area contributed by atoms with Crippen LogP contribution in [0.25, 0.3) is 0 Å². The molecule has 1 aliphatic rings. The molecule has 1 aromatic heterocycles. The van der Waals surface area contributed by atoms with Crippen molar-refractivity contribution in [1.29, 1.82) is 0 Å². The van der Waals surface area contributed by atoms with Crippen LogP contribution in [-0.2, 0) is 10.5 Å². The molecule has 2 N–H and O–H groups in total. The van der Waals surface area contributed by atoms with E-state index in [1.807, 2.05) is 57.2 Å². The van der Waals surface area contributed by atoms with E-state index >= 15 is 0 Å². The maximum absolute atomic E-state index is 13.7. The predicted octanol–water partition coefficient (Wildman–Crippen LogP) is 7.08. The van der Waals surface area contributed by atoms with Crippen LogP contribution in [0.3, 0.4) is 0 Å². The zero-order chi connectivity index (χ0) is 26.1. The van der Waals surface area contributed by atoms with Crippen molar-refractivity contribution in [2.45, 2.75) is 44.6 Å². The lowest BCUT2D eigenvalue weighted by Crippen LogP contribution is -2.31. The number of nitrogens with zero attached hydrogens (tertiary/aromatic N) is 3. The van der Waals surface area contributed by atoms with Crippen molar-refractivity contribution in [3.8, 4) is 0 Å². The number of anilines is 2. The molecule has 188 valence electrons. The number of halogens is 1. The van der Waals surface area contributed by atoms with Gasteiger partial charge in [0.2, 0.25) is 11.1 Å². The monoisotopic (exact) mass is 529 g/mol. The van der Waals surface area contributed by atoms with Crippen molar-refractivity contribution in [2.24, 2.45) is 0 Å². The van der Waals surface area contributed by atoms with Gasteiger partial charge < -0.3 is 10.6 Å². The minimum absolute atomic E-state index is 0.188. The Kier molecular flexibility index (Phi) is 7.09. The maximum atomic E-state index is 13.7. The van der Waals surface area contributed by atoms with E-state index < -0.39 is 6.04 Å². The number of carbonyl (C=O) groups excluding carboxylic acids is 1. The van der Waals surface area contributed by atoms with Crippen molar-refractivity contribution in [3.05, 3.63) is 111 Å². The van der Waals surface area contributed by atoms with Crippen LogP contribution in [-0.4, -0.2) is 20.7 Å². The van der Waals surface area contributed by atoms with E-state index in [9.17, 15) is 4.79 Å². The molecule has 0 saturated carbocycles. The van der Waals surface area contributed by atoms with E-state index in [0.29, 0.717) is 21.7 Å². The number of fused-ring (bicyclic) bond motifs is 1. The van der Waals surface area contributed by atoms with Gasteiger partial charge in [0.1, 0.15) is 6.04 Å². The molecule has 0 bridgehead atoms. The fourth-order valence-electron chi connectivity index (χ4n) is 4.53. The van der Waals surface area contributed by atoms with Gasteiger partial charge in [-0.15, -0.1) is 5.10 Å². The summed E-state index contributed by atoms with van der Waals surface area (Å²) in [5.74, 6) is 1.17. The Bertz CT molecular complexity index is 1510. The second-order valence-electron chi connectivity index (χ2n) is 9.33. The highest BCUT2D eigenvalue weighted by Gasteiger charge is 2.34. The number of amides is 1. The quantitative estimate of drug-likeness (QED) is 0.261. The molecular formula is C29H28ClN5OS. The molecule has 0 saturated heterocycles. The van der Waals surface area contributed by atoms with Crippen LogP contribution in [0.15, 0.2) is 83.2 Å². The van der Waals surface area contributed by atoms with Gasteiger partial charge in [-0.25, -0.2) is 4.68 Å². The molecule has 0 fully saturated rings. The summed E-state index contributed by atoms with van der Waals surface area (Å²) in [7, 11) is 0. The van der Waals surface area contributed by atoms with Crippen LogP contribution < -0.4 is 10.6 Å². The molecule has 1 atom stereocenters. The SMILES string of the molecule is CC1=C(C(=O)Nc2ccc(C)cc2C)[C@H](c2ccc(Cl)cc2)n2nc(SCc3cccc(C)c3)nc2N1. The Balaban J connectivity index is 1.49. The van der Waals surface area contributed by atoms with E-state index in [2.05, 4.69) is 47.9 Å². The van der Waals surface area contributed by atoms with Gasteiger partial charge in [0.15, 0.2) is 0 Å². The molecular weight excluding hydrogens is 502 g/mol. The Hall–Kier alpha value is -3.55. The molecule has 37 heavy (non-hydrogen) atoms. The Morgan fingerprint density at radius 2 is 1.78 bits per heavy atom. The van der Waals surface area contributed by atoms with Crippen LogP contribution >= 0.6 is 23.4 Å². The van der Waals surface area contributed by atoms with Crippen molar-refractivity contribution in [1.82, 2.24) is 14.8 Å². The van der Waals surface area contributed by atoms with Crippen LogP contribution in [0.4, 0.5) is 11.6 Å². The predicted molar refractivity (Wildman–Crippen MR) is 151 cm³/mol. The molecule has 8 heteroatoms. The van der Waals surface area contributed by atoms with Gasteiger partial charge in [0.25, 0.3) is 5.91 Å². The van der Waals surface area contributed by atoms with Crippen molar-refractivity contribution in [3.63, 3.8) is 0 Å². The van der Waals surface area contributed by atoms with Gasteiger partial charge in [-0.2, -0.15) is 4.98 Å². The Labute approximate surface area is 226 Å². The van der Waals surface area contributed by atoms with E-state index in [1.54, 1.807) is 16.4 Å². The fraction of sp³-hybridized carbons (Fsp3) is 0.207. The third-order valence-electron chi connectivity index (χ3n) is 6.34. The molecule has 2 heterocycles. The number of aromatic nitrogens is 3. The summed E-state index contributed by atoms with van der Waals surface area (Å²) < 4.78 is 1.80. The number of nitrogens with one attached hydrogen (secondary N) is 2. The number of hydrogen-bond acceptors (Lipinski definition) is 5. The van der Waals surface area contributed by atoms with Gasteiger partial charge in [-0.1, -0.05) is 83.0 Å². The molecule has 4 aromatic rings. The highest BCUT2D eigenvalue weighted by molar-refractivity contribution is 7.98. The van der Waals surface area contributed by atoms with Gasteiger partial charge in [-0.05, 0) is 62.6 Å². The first kappa shape index (κ1) is 25.1. The van der Waals surface area contributed by atoms with Crippen LogP contribution in [0.1, 0.15) is 40.8 Å². The second-order valence-corrected chi connectivity index (χ2v) is 10.7. The number of aryl methyl sites for hydroxylation is 3. The minimum atomic E-state index is -0.458. The minimum Gasteiger partial charge on any atom is -0.328 e. The number of benzene rings is 3. The summed E-state index contributed by atoms with van der Waals surface area (Å²) in [6.45, 7) is 8.01. The molecule has 0 unspecified atom stereocenters. The summed E-state index contributed by atoms with van der Waals surface area (Å²) in [6.07, 6.45) is 0. The largest absolute Gasteiger partial charge is 0.328 e. The number of rotatable bonds is 6. The Morgan fingerprint density at radius 3 is 2.51 bits per heavy atom. The third kappa shape index (κ3) is 5.43. The number of allylic oxidation sites excluding steroid dienone is 1. The first-order valence-corrected chi connectivity index (χ1v) is 13.4. The van der Waals surface area contributed by atoms with Crippen molar-refractivity contribution < 1.29 is 4.79 Å². The van der Waals surface area contributed by atoms with Crippen LogP contribution in [0.2, 0.25) is 5.02 Å². The lowest BCUT2D eigenvalue weighted by molar-refractivity contribution is -0.113. The van der Waals surface area contributed by atoms with Crippen LogP contribution in [0.5, 0.6) is 0 Å². The molecule has 5 rings (SSSR count). The Morgan fingerprint density at radius 1 is 1.03 bits per heavy atom. The number of hydrogen-bond donors (Lipinski definition) is 2. The number of thioether (sulfide) groups is 1. The molecule has 0 radical (unpaired) electrons. The maximum Gasteiger partial charge on any atom is 0.255 e. The standard InChI is InChI=1S/C29H28ClN5OS/c1-17-6-5-7-21(15-17)16-37-29-33-28-31-20(4)25(27(36)32-24-13-8-18(2)14-19(24)3)26(35(28)34-29)22-9-11-23(30)12-10-22/h5-15,26H,16H2,1-4H3,(H,32,36)(H,31,33,34)/t26-/m0/s1. The highest BCUT2D eigenvalue weighted by atomic mass is 35.5. The van der Waals surface area contributed by atoms with Gasteiger partial charge >= 0.3 is 0 Å². The van der Waals surface area contributed by atoms with Gasteiger partial charge in [0, 0.05) is 22.2 Å². The zero-order valence-corrected chi connectivity index (χ0v) is 22.7. The lowest BCUT2D eigenvalue weighted by Gasteiger charge is -2.29. The molecule has 3 aromatic carbocycles. The molecule has 0 spiro atoms. The lowest BCUT2D eigenvalue weighted by atomic mass is 9.95. The first-order valence-electron chi connectivity index (χ1n) is 12.1. The van der Waals surface area contributed by atoms with E-state index in [1.165, 1.54) is 11.1 Å². The highest BCUT2D eigenvalue weighted by Crippen LogP contribution is 2.37. The third-order valence-corrected chi connectivity index (χ3v) is 7.50. The average Bonchev–Trinajstić information content (AvgIpc) is 3.26. The van der Waals surface area contributed by atoms with E-state index in [4.69, 9.17) is 21.7 Å². The van der Waals surface area contributed by atoms with Crippen LogP contribution in [0, 0.1) is 20.8 Å². The van der Waals surface area contributed by atoms with Crippen molar-refractivity contribution in [2.75, 3.05) is 10.6 Å². The summed E-state index contributed by atoms with van der Waals surface area (Å²) in [5.41, 5.74) is 7.58. The normalized spacial score (nSPS) is 14.8. The van der Waals surface area contributed by atoms with Crippen molar-refractivity contribution >= 4 is 40.9 Å². The second kappa shape index (κ2) is 10.4. The molecule has 6 nitrogen and oxygen atoms in total. The topological polar surface area (TPSA) is 71.8 Å². The summed E-state index contributed by atoms with van der Waals surface area (Å²) >= 11 is 7.76. The fourth-order valence-corrected chi connectivity index (χ4v) is 5.43. The summed E-state index contributed by atoms with van der Waals surface area (Å²) in [4.78, 5) is 18.5. The zero-order valence-electron chi connectivity index (χ0n) is 21.2. The molecule has 1 amide bonds.